The number of rotatable bonds is 6. The molecule has 1 aliphatic carbocycles. The quantitative estimate of drug-likeness (QED) is 0.701. The fourth-order valence-corrected chi connectivity index (χ4v) is 2.86. The fourth-order valence-electron chi connectivity index (χ4n) is 2.86. The molecular weight excluding hydrogens is 256 g/mol. The van der Waals surface area contributed by atoms with Crippen molar-refractivity contribution in [1.82, 2.24) is 10.6 Å². The summed E-state index contributed by atoms with van der Waals surface area (Å²) in [6, 6.07) is -0.00812. The van der Waals surface area contributed by atoms with Gasteiger partial charge in [0.05, 0.1) is 5.92 Å². The standard InChI is InChI=1S/C15H28N2O3/c1-10(2)7-12(14(18)19)9-16-15(20)17-13-6-4-5-11(3)8-13/h10-13H,4-9H2,1-3H3,(H,18,19)(H2,16,17,20). The maximum absolute atomic E-state index is 11.8. The van der Waals surface area contributed by atoms with Crippen LogP contribution < -0.4 is 10.6 Å². The Morgan fingerprint density at radius 3 is 2.55 bits per heavy atom. The number of hydrogen-bond acceptors (Lipinski definition) is 2. The topological polar surface area (TPSA) is 78.4 Å². The maximum atomic E-state index is 11.8. The third-order valence-electron chi connectivity index (χ3n) is 3.89. The van der Waals surface area contributed by atoms with E-state index in [9.17, 15) is 9.59 Å². The van der Waals surface area contributed by atoms with Gasteiger partial charge in [-0.05, 0) is 31.1 Å². The van der Waals surface area contributed by atoms with Crippen LogP contribution in [0.5, 0.6) is 0 Å². The molecule has 1 saturated carbocycles. The molecule has 116 valence electrons. The molecule has 1 fully saturated rings. The monoisotopic (exact) mass is 284 g/mol. The van der Waals surface area contributed by atoms with E-state index in [0.29, 0.717) is 18.3 Å². The highest BCUT2D eigenvalue weighted by Crippen LogP contribution is 2.23. The molecule has 0 radical (unpaired) electrons. The third kappa shape index (κ3) is 6.26. The fraction of sp³-hybridized carbons (Fsp3) is 0.867. The van der Waals surface area contributed by atoms with Crippen LogP contribution in [-0.2, 0) is 4.79 Å². The minimum atomic E-state index is -0.842. The average Bonchev–Trinajstić information content (AvgIpc) is 2.33. The molecule has 20 heavy (non-hydrogen) atoms. The van der Waals surface area contributed by atoms with Crippen LogP contribution >= 0.6 is 0 Å². The van der Waals surface area contributed by atoms with Crippen LogP contribution in [0.15, 0.2) is 0 Å². The van der Waals surface area contributed by atoms with E-state index < -0.39 is 11.9 Å². The van der Waals surface area contributed by atoms with Gasteiger partial charge in [0.2, 0.25) is 0 Å². The second-order valence-electron chi connectivity index (χ2n) is 6.49. The van der Waals surface area contributed by atoms with Gasteiger partial charge in [-0.2, -0.15) is 0 Å². The van der Waals surface area contributed by atoms with Crippen molar-refractivity contribution in [3.63, 3.8) is 0 Å². The summed E-state index contributed by atoms with van der Waals surface area (Å²) in [6.45, 7) is 6.37. The molecule has 1 aliphatic rings. The molecule has 5 heteroatoms. The van der Waals surface area contributed by atoms with Crippen molar-refractivity contribution >= 4 is 12.0 Å². The summed E-state index contributed by atoms with van der Waals surface area (Å²) in [5, 5.41) is 14.8. The summed E-state index contributed by atoms with van der Waals surface area (Å²) in [5.74, 6) is -0.391. The predicted octanol–water partition coefficient (Wildman–Crippen LogP) is 2.61. The first kappa shape index (κ1) is 16.8. The Morgan fingerprint density at radius 1 is 1.30 bits per heavy atom. The largest absolute Gasteiger partial charge is 0.481 e. The number of carbonyl (C=O) groups is 2. The molecule has 0 aromatic carbocycles. The van der Waals surface area contributed by atoms with E-state index in [2.05, 4.69) is 17.6 Å². The van der Waals surface area contributed by atoms with Crippen LogP contribution in [0.2, 0.25) is 0 Å². The van der Waals surface area contributed by atoms with Crippen molar-refractivity contribution < 1.29 is 14.7 Å². The number of carboxylic acids is 1. The molecule has 2 amide bonds. The highest BCUT2D eigenvalue weighted by atomic mass is 16.4. The highest BCUT2D eigenvalue weighted by molar-refractivity contribution is 5.76. The minimum absolute atomic E-state index is 0.196. The number of carboxylic acid groups (broad SMARTS) is 1. The van der Waals surface area contributed by atoms with Crippen molar-refractivity contribution in [1.29, 1.82) is 0 Å². The Morgan fingerprint density at radius 2 is 2.00 bits per heavy atom. The first-order valence-corrected chi connectivity index (χ1v) is 7.65. The molecular formula is C15H28N2O3. The van der Waals surface area contributed by atoms with Crippen molar-refractivity contribution in [3.8, 4) is 0 Å². The summed E-state index contributed by atoms with van der Waals surface area (Å²) in [4.78, 5) is 22.9. The van der Waals surface area contributed by atoms with Gasteiger partial charge >= 0.3 is 12.0 Å². The lowest BCUT2D eigenvalue weighted by molar-refractivity contribution is -0.142. The Kier molecular flexibility index (Phi) is 6.82. The second-order valence-corrected chi connectivity index (χ2v) is 6.49. The van der Waals surface area contributed by atoms with Gasteiger partial charge in [0.25, 0.3) is 0 Å². The van der Waals surface area contributed by atoms with Gasteiger partial charge in [0.15, 0.2) is 0 Å². The smallest absolute Gasteiger partial charge is 0.315 e. The number of aliphatic carboxylic acids is 1. The number of amides is 2. The third-order valence-corrected chi connectivity index (χ3v) is 3.89. The molecule has 0 spiro atoms. The predicted molar refractivity (Wildman–Crippen MR) is 78.5 cm³/mol. The van der Waals surface area contributed by atoms with Crippen molar-refractivity contribution in [2.45, 2.75) is 58.9 Å². The van der Waals surface area contributed by atoms with E-state index in [0.717, 1.165) is 19.3 Å². The highest BCUT2D eigenvalue weighted by Gasteiger charge is 2.22. The zero-order chi connectivity index (χ0) is 15.1. The number of urea groups is 1. The van der Waals surface area contributed by atoms with Gasteiger partial charge < -0.3 is 15.7 Å². The molecule has 0 bridgehead atoms. The van der Waals surface area contributed by atoms with Crippen LogP contribution in [0.1, 0.15) is 52.9 Å². The first-order valence-electron chi connectivity index (χ1n) is 7.65. The molecule has 3 atom stereocenters. The van der Waals surface area contributed by atoms with Crippen LogP contribution in [0.25, 0.3) is 0 Å². The lowest BCUT2D eigenvalue weighted by Gasteiger charge is -2.27. The summed E-state index contributed by atoms with van der Waals surface area (Å²) < 4.78 is 0. The SMILES string of the molecule is CC(C)CC(CNC(=O)NC1CCCC(C)C1)C(=O)O. The van der Waals surface area contributed by atoms with Crippen LogP contribution in [0.4, 0.5) is 4.79 Å². The number of hydrogen-bond donors (Lipinski definition) is 3. The van der Waals surface area contributed by atoms with Gasteiger partial charge in [-0.15, -0.1) is 0 Å². The average molecular weight is 284 g/mol. The number of carbonyl (C=O) groups excluding carboxylic acids is 1. The summed E-state index contributed by atoms with van der Waals surface area (Å²) in [5.41, 5.74) is 0. The van der Waals surface area contributed by atoms with Crippen molar-refractivity contribution in [2.24, 2.45) is 17.8 Å². The Bertz CT molecular complexity index is 331. The summed E-state index contributed by atoms with van der Waals surface area (Å²) >= 11 is 0. The van der Waals surface area contributed by atoms with Gasteiger partial charge in [0, 0.05) is 12.6 Å². The molecule has 0 aromatic heterocycles. The van der Waals surface area contributed by atoms with Crippen molar-refractivity contribution in [2.75, 3.05) is 6.54 Å². The Labute approximate surface area is 121 Å². The molecule has 0 saturated heterocycles. The van der Waals surface area contributed by atoms with Crippen LogP contribution in [0.3, 0.4) is 0 Å². The van der Waals surface area contributed by atoms with E-state index in [1.54, 1.807) is 0 Å². The normalized spacial score (nSPS) is 24.2. The molecule has 3 unspecified atom stereocenters. The zero-order valence-electron chi connectivity index (χ0n) is 12.8. The van der Waals surface area contributed by atoms with Gasteiger partial charge in [-0.3, -0.25) is 4.79 Å². The summed E-state index contributed by atoms with van der Waals surface area (Å²) in [7, 11) is 0. The summed E-state index contributed by atoms with van der Waals surface area (Å²) in [6.07, 6.45) is 5.00. The van der Waals surface area contributed by atoms with Gasteiger partial charge in [-0.25, -0.2) is 4.79 Å². The van der Waals surface area contributed by atoms with E-state index in [1.807, 2.05) is 13.8 Å². The lowest BCUT2D eigenvalue weighted by Crippen LogP contribution is -2.46. The van der Waals surface area contributed by atoms with E-state index in [1.165, 1.54) is 6.42 Å². The molecule has 0 aromatic rings. The maximum Gasteiger partial charge on any atom is 0.315 e. The minimum Gasteiger partial charge on any atom is -0.481 e. The van der Waals surface area contributed by atoms with E-state index in [-0.39, 0.29) is 18.6 Å². The van der Waals surface area contributed by atoms with Crippen LogP contribution in [0, 0.1) is 17.8 Å². The number of nitrogens with one attached hydrogen (secondary N) is 2. The second kappa shape index (κ2) is 8.12. The van der Waals surface area contributed by atoms with E-state index in [4.69, 9.17) is 5.11 Å². The first-order chi connectivity index (χ1) is 9.38. The lowest BCUT2D eigenvalue weighted by atomic mass is 9.87. The molecule has 1 rings (SSSR count). The molecule has 0 aliphatic heterocycles. The van der Waals surface area contributed by atoms with Crippen molar-refractivity contribution in [3.05, 3.63) is 0 Å². The van der Waals surface area contributed by atoms with Crippen LogP contribution in [-0.4, -0.2) is 29.7 Å². The molecule has 0 heterocycles. The Hall–Kier alpha value is -1.26. The van der Waals surface area contributed by atoms with Gasteiger partial charge in [0.1, 0.15) is 0 Å². The molecule has 5 nitrogen and oxygen atoms in total. The zero-order valence-corrected chi connectivity index (χ0v) is 12.8. The molecule has 3 N–H and O–H groups in total. The Balaban J connectivity index is 2.32. The van der Waals surface area contributed by atoms with Gasteiger partial charge in [-0.1, -0.05) is 33.6 Å². The van der Waals surface area contributed by atoms with E-state index >= 15 is 0 Å².